The zero-order chi connectivity index (χ0) is 11.5. The monoisotopic (exact) mass is 221 g/mol. The molecule has 0 amide bonds. The van der Waals surface area contributed by atoms with E-state index in [9.17, 15) is 13.2 Å². The van der Waals surface area contributed by atoms with Crippen LogP contribution >= 0.6 is 0 Å². The fraction of sp³-hybridized carbons (Fsp3) is 0.333. The van der Waals surface area contributed by atoms with Crippen molar-refractivity contribution in [2.75, 3.05) is 6.61 Å². The number of benzene rings is 1. The van der Waals surface area contributed by atoms with Gasteiger partial charge in [-0.2, -0.15) is 13.2 Å². The van der Waals surface area contributed by atoms with Crippen LogP contribution in [0.5, 0.6) is 11.5 Å². The van der Waals surface area contributed by atoms with Crippen molar-refractivity contribution in [1.82, 2.24) is 0 Å². The second kappa shape index (κ2) is 4.39. The molecule has 1 aromatic carbocycles. The highest BCUT2D eigenvalue weighted by Gasteiger charge is 2.37. The molecule has 0 aromatic heterocycles. The maximum Gasteiger partial charge on any atom is 0.406 e. The molecule has 3 nitrogen and oxygen atoms in total. The number of rotatable bonds is 3. The first-order chi connectivity index (χ1) is 6.89. The molecular weight excluding hydrogens is 211 g/mol. The molecule has 0 aliphatic rings. The van der Waals surface area contributed by atoms with Crippen molar-refractivity contribution in [3.8, 4) is 11.5 Å². The Balaban J connectivity index is 2.51. The first-order valence-electron chi connectivity index (χ1n) is 4.13. The lowest BCUT2D eigenvalue weighted by Crippen LogP contribution is -2.42. The maximum atomic E-state index is 12.0. The van der Waals surface area contributed by atoms with Crippen LogP contribution in [0.2, 0.25) is 0 Å². The van der Waals surface area contributed by atoms with Gasteiger partial charge in [0, 0.05) is 6.07 Å². The van der Waals surface area contributed by atoms with Crippen molar-refractivity contribution in [2.45, 2.75) is 12.2 Å². The number of ether oxygens (including phenoxy) is 1. The van der Waals surface area contributed by atoms with Crippen LogP contribution in [-0.2, 0) is 0 Å². The summed E-state index contributed by atoms with van der Waals surface area (Å²) in [6.45, 7) is -0.674. The molecule has 0 saturated heterocycles. The van der Waals surface area contributed by atoms with Gasteiger partial charge in [0.2, 0.25) is 0 Å². The molecule has 1 rings (SSSR count). The van der Waals surface area contributed by atoms with E-state index in [0.717, 1.165) is 0 Å². The van der Waals surface area contributed by atoms with Crippen LogP contribution in [0, 0.1) is 0 Å². The Bertz CT molecular complexity index is 327. The van der Waals surface area contributed by atoms with Crippen LogP contribution in [0.25, 0.3) is 0 Å². The van der Waals surface area contributed by atoms with Crippen molar-refractivity contribution >= 4 is 0 Å². The van der Waals surface area contributed by atoms with Gasteiger partial charge in [-0.25, -0.2) is 0 Å². The van der Waals surface area contributed by atoms with Crippen LogP contribution in [0.4, 0.5) is 13.2 Å². The highest BCUT2D eigenvalue weighted by Crippen LogP contribution is 2.21. The predicted octanol–water partition coefficient (Wildman–Crippen LogP) is 1.66. The summed E-state index contributed by atoms with van der Waals surface area (Å²) in [7, 11) is 0. The van der Waals surface area contributed by atoms with Crippen LogP contribution in [0.15, 0.2) is 24.3 Å². The molecule has 0 aliphatic heterocycles. The maximum absolute atomic E-state index is 12.0. The number of nitrogens with two attached hydrogens (primary N) is 1. The third-order valence-corrected chi connectivity index (χ3v) is 1.67. The summed E-state index contributed by atoms with van der Waals surface area (Å²) in [5.41, 5.74) is 4.82. The Morgan fingerprint density at radius 3 is 2.60 bits per heavy atom. The van der Waals surface area contributed by atoms with Crippen molar-refractivity contribution < 1.29 is 23.0 Å². The van der Waals surface area contributed by atoms with Gasteiger partial charge in [-0.1, -0.05) is 6.07 Å². The Labute approximate surface area is 84.3 Å². The van der Waals surface area contributed by atoms with Crippen molar-refractivity contribution in [3.63, 3.8) is 0 Å². The van der Waals surface area contributed by atoms with Gasteiger partial charge >= 0.3 is 6.18 Å². The molecule has 15 heavy (non-hydrogen) atoms. The fourth-order valence-corrected chi connectivity index (χ4v) is 0.854. The average molecular weight is 221 g/mol. The van der Waals surface area contributed by atoms with Crippen LogP contribution < -0.4 is 10.5 Å². The number of hydrogen-bond acceptors (Lipinski definition) is 3. The molecule has 3 N–H and O–H groups in total. The molecule has 0 bridgehead atoms. The molecule has 84 valence electrons. The smallest absolute Gasteiger partial charge is 0.406 e. The lowest BCUT2D eigenvalue weighted by molar-refractivity contribution is -0.153. The Morgan fingerprint density at radius 2 is 2.07 bits per heavy atom. The highest BCUT2D eigenvalue weighted by atomic mass is 19.4. The van der Waals surface area contributed by atoms with E-state index >= 15 is 0 Å². The quantitative estimate of drug-likeness (QED) is 0.816. The number of aromatic hydroxyl groups is 1. The third kappa shape index (κ3) is 3.67. The molecular formula is C9H10F3NO2. The van der Waals surface area contributed by atoms with Crippen LogP contribution in [-0.4, -0.2) is 23.9 Å². The molecule has 0 fully saturated rings. The molecule has 6 heteroatoms. The summed E-state index contributed by atoms with van der Waals surface area (Å²) in [4.78, 5) is 0. The average Bonchev–Trinajstić information content (AvgIpc) is 2.12. The van der Waals surface area contributed by atoms with E-state index in [4.69, 9.17) is 15.6 Å². The SMILES string of the molecule is NC(COc1cccc(O)c1)C(F)(F)F. The Morgan fingerprint density at radius 1 is 1.40 bits per heavy atom. The minimum absolute atomic E-state index is 0.0759. The van der Waals surface area contributed by atoms with E-state index in [1.807, 2.05) is 0 Å². The standard InChI is InChI=1S/C9H10F3NO2/c10-9(11,12)8(13)5-15-7-3-1-2-6(14)4-7/h1-4,8,14H,5,13H2. The largest absolute Gasteiger partial charge is 0.508 e. The predicted molar refractivity (Wildman–Crippen MR) is 47.6 cm³/mol. The topological polar surface area (TPSA) is 55.5 Å². The van der Waals surface area contributed by atoms with Gasteiger partial charge < -0.3 is 15.6 Å². The second-order valence-corrected chi connectivity index (χ2v) is 2.96. The van der Waals surface area contributed by atoms with Crippen LogP contribution in [0.1, 0.15) is 0 Å². The zero-order valence-electron chi connectivity index (χ0n) is 7.66. The Kier molecular flexibility index (Phi) is 3.41. The van der Waals surface area contributed by atoms with E-state index < -0.39 is 18.8 Å². The number of phenols is 1. The molecule has 1 unspecified atom stereocenters. The van der Waals surface area contributed by atoms with Gasteiger partial charge in [-0.15, -0.1) is 0 Å². The minimum atomic E-state index is -4.48. The minimum Gasteiger partial charge on any atom is -0.508 e. The molecule has 0 saturated carbocycles. The normalized spacial score (nSPS) is 13.6. The van der Waals surface area contributed by atoms with Crippen molar-refractivity contribution in [2.24, 2.45) is 5.73 Å². The Hall–Kier alpha value is -1.43. The molecule has 1 aromatic rings. The summed E-state index contributed by atoms with van der Waals surface area (Å²) in [6.07, 6.45) is -4.48. The lowest BCUT2D eigenvalue weighted by Gasteiger charge is -2.16. The fourth-order valence-electron chi connectivity index (χ4n) is 0.854. The lowest BCUT2D eigenvalue weighted by atomic mass is 10.3. The highest BCUT2D eigenvalue weighted by molar-refractivity contribution is 5.31. The van der Waals surface area contributed by atoms with Gasteiger partial charge in [0.05, 0.1) is 0 Å². The third-order valence-electron chi connectivity index (χ3n) is 1.67. The second-order valence-electron chi connectivity index (χ2n) is 2.96. The molecule has 0 heterocycles. The van der Waals surface area contributed by atoms with E-state index in [0.29, 0.717) is 0 Å². The van der Waals surface area contributed by atoms with E-state index in [1.165, 1.54) is 24.3 Å². The van der Waals surface area contributed by atoms with Gasteiger partial charge in [0.25, 0.3) is 0 Å². The number of hydrogen-bond donors (Lipinski definition) is 2. The first-order valence-corrected chi connectivity index (χ1v) is 4.13. The number of alkyl halides is 3. The summed E-state index contributed by atoms with van der Waals surface area (Å²) in [5.74, 6) is 0.0720. The van der Waals surface area contributed by atoms with Crippen LogP contribution in [0.3, 0.4) is 0 Å². The molecule has 0 radical (unpaired) electrons. The zero-order valence-corrected chi connectivity index (χ0v) is 7.66. The van der Waals surface area contributed by atoms with Crippen molar-refractivity contribution in [3.05, 3.63) is 24.3 Å². The van der Waals surface area contributed by atoms with Gasteiger partial charge in [0.1, 0.15) is 24.1 Å². The van der Waals surface area contributed by atoms with E-state index in [-0.39, 0.29) is 11.5 Å². The number of phenolic OH excluding ortho intramolecular Hbond substituents is 1. The van der Waals surface area contributed by atoms with E-state index in [2.05, 4.69) is 0 Å². The summed E-state index contributed by atoms with van der Waals surface area (Å²) in [5, 5.41) is 9.00. The summed E-state index contributed by atoms with van der Waals surface area (Å²) >= 11 is 0. The van der Waals surface area contributed by atoms with Gasteiger partial charge in [-0.3, -0.25) is 0 Å². The van der Waals surface area contributed by atoms with E-state index in [1.54, 1.807) is 0 Å². The van der Waals surface area contributed by atoms with Gasteiger partial charge in [-0.05, 0) is 12.1 Å². The molecule has 0 spiro atoms. The first kappa shape index (κ1) is 11.6. The summed E-state index contributed by atoms with van der Waals surface area (Å²) < 4.78 is 40.7. The van der Waals surface area contributed by atoms with Gasteiger partial charge in [0.15, 0.2) is 0 Å². The number of halogens is 3. The summed E-state index contributed by atoms with van der Waals surface area (Å²) in [6, 6.07) is 3.46. The van der Waals surface area contributed by atoms with Crippen molar-refractivity contribution in [1.29, 1.82) is 0 Å². The molecule has 1 atom stereocenters. The molecule has 0 aliphatic carbocycles.